The van der Waals surface area contributed by atoms with Crippen LogP contribution in [0.2, 0.25) is 0 Å². The van der Waals surface area contributed by atoms with Gasteiger partial charge in [0.15, 0.2) is 0 Å². The molecular weight excluding hydrogens is 1520 g/mol. The largest absolute Gasteiger partial charge is 0.330 e. The lowest BCUT2D eigenvalue weighted by molar-refractivity contribution is 0.263. The molecule has 0 rings (SSSR count). The molecule has 0 aromatic heterocycles. The summed E-state index contributed by atoms with van der Waals surface area (Å²) >= 11 is 0. The van der Waals surface area contributed by atoms with E-state index in [9.17, 15) is 0 Å². The van der Waals surface area contributed by atoms with Gasteiger partial charge in [-0.05, 0) is 397 Å². The van der Waals surface area contributed by atoms with E-state index in [2.05, 4.69) is 62.6 Å². The molecule has 0 bridgehead atoms. The summed E-state index contributed by atoms with van der Waals surface area (Å²) in [4.78, 5) is 4.81. The van der Waals surface area contributed by atoms with Crippen LogP contribution < -0.4 is 141 Å². The number of rotatable bonds is 90. The van der Waals surface area contributed by atoms with E-state index in [-0.39, 0.29) is 0 Å². The number of nitrogens with one attached hydrogen (secondary N) is 6. The third-order valence-corrected chi connectivity index (χ3v) is 20.1. The lowest BCUT2D eigenvalue weighted by atomic mass is 10.1. The minimum Gasteiger partial charge on any atom is -0.330 e. The molecule has 0 fully saturated rings. The van der Waals surface area contributed by atoms with Gasteiger partial charge in [0.2, 0.25) is 0 Å². The average molecular weight is 1760 g/mol. The van der Waals surface area contributed by atoms with Gasteiger partial charge >= 0.3 is 0 Å². The van der Waals surface area contributed by atoms with Gasteiger partial charge in [0, 0.05) is 0 Å². The first-order chi connectivity index (χ1) is 60.0. The van der Waals surface area contributed by atoms with E-state index in [1.54, 1.807) is 0 Å². The highest BCUT2D eigenvalue weighted by molar-refractivity contribution is 4.62. The lowest BCUT2D eigenvalue weighted by Gasteiger charge is -2.21. The first-order valence-electron chi connectivity index (χ1n) is 51.9. The molecule has 0 saturated heterocycles. The molecule has 0 aromatic rings. The predicted molar refractivity (Wildman–Crippen MR) is 553 cm³/mol. The zero-order valence-corrected chi connectivity index (χ0v) is 82.9. The zero-order valence-electron chi connectivity index (χ0n) is 82.9. The summed E-state index contributed by atoms with van der Waals surface area (Å²) < 4.78 is 0. The molecule has 0 atom stereocenters. The van der Waals surface area contributed by atoms with Crippen LogP contribution in [0.25, 0.3) is 0 Å². The molecule has 0 aliphatic heterocycles. The third kappa shape index (κ3) is 187. The van der Waals surface area contributed by atoms with E-state index in [0.717, 1.165) is 319 Å². The van der Waals surface area contributed by atoms with Crippen molar-refractivity contribution in [2.45, 2.75) is 373 Å². The van der Waals surface area contributed by atoms with Crippen LogP contribution >= 0.6 is 0 Å². The van der Waals surface area contributed by atoms with Crippen molar-refractivity contribution in [3.63, 3.8) is 0 Å². The maximum atomic E-state index is 5.61. The molecule has 0 amide bonds. The van der Waals surface area contributed by atoms with Gasteiger partial charge < -0.3 is 151 Å². The summed E-state index contributed by atoms with van der Waals surface area (Å²) in [5.41, 5.74) is 102. The van der Waals surface area contributed by atoms with Crippen molar-refractivity contribution in [2.75, 3.05) is 243 Å². The van der Waals surface area contributed by atoms with Crippen molar-refractivity contribution >= 4 is 0 Å². The van der Waals surface area contributed by atoms with Gasteiger partial charge in [-0.25, -0.2) is 0 Å². The molecule has 44 N–H and O–H groups in total. The molecule has 0 aliphatic rings. The summed E-state index contributed by atoms with van der Waals surface area (Å²) in [6.45, 7) is 38.6. The second-order valence-electron chi connectivity index (χ2n) is 32.7. The van der Waals surface area contributed by atoms with Gasteiger partial charge in [-0.2, -0.15) is 0 Å². The van der Waals surface area contributed by atoms with Gasteiger partial charge in [-0.1, -0.05) is 219 Å². The van der Waals surface area contributed by atoms with Gasteiger partial charge in [0.1, 0.15) is 0 Å². The number of unbranched alkanes of at least 4 members (excludes halogenated alkanes) is 37. The smallest absolute Gasteiger partial charge is 0.000671 e. The molecular formula is C95H237N27. The molecule has 0 radical (unpaired) electrons. The van der Waals surface area contributed by atoms with Crippen LogP contribution in [0.4, 0.5) is 0 Å². The van der Waals surface area contributed by atoms with Gasteiger partial charge in [0.05, 0.1) is 0 Å². The Morgan fingerprint density at radius 2 is 0.262 bits per heavy atom. The fourth-order valence-electron chi connectivity index (χ4n) is 12.2. The fourth-order valence-corrected chi connectivity index (χ4v) is 12.2. The van der Waals surface area contributed by atoms with Crippen LogP contribution in [0, 0.1) is 0 Å². The van der Waals surface area contributed by atoms with Crippen LogP contribution in [0.3, 0.4) is 0 Å². The van der Waals surface area contributed by atoms with Crippen LogP contribution in [0.1, 0.15) is 373 Å². The van der Waals surface area contributed by atoms with E-state index in [1.165, 1.54) is 276 Å². The second kappa shape index (κ2) is 160. The molecule has 0 unspecified atom stereocenters. The minimum absolute atomic E-state index is 0.773. The molecule has 27 heteroatoms. The first-order valence-corrected chi connectivity index (χ1v) is 51.9. The van der Waals surface area contributed by atoms with E-state index in [0.29, 0.717) is 0 Å². The first kappa shape index (κ1) is 141. The van der Waals surface area contributed by atoms with Gasteiger partial charge in [-0.15, -0.1) is 0 Å². The normalized spacial score (nSPS) is 10.6. The highest BCUT2D eigenvalue weighted by Crippen LogP contribution is 2.13. The van der Waals surface area contributed by atoms with Crippen LogP contribution in [-0.2, 0) is 0 Å². The summed E-state index contributed by atoms with van der Waals surface area (Å²) in [6, 6.07) is 0. The monoisotopic (exact) mass is 1760 g/mol. The molecule has 122 heavy (non-hydrogen) atoms. The van der Waals surface area contributed by atoms with Crippen molar-refractivity contribution in [3.05, 3.63) is 0 Å². The standard InChI is InChI=1S/C18H41N3.C15H34N2.C11H27N3.C9H24N4.C9H23N3.C8H20N2.C7H19N3.C6H17N3.2C6H16N2/c1-2-3-4-5-6-7-8-9-10-11-16-21(17-12-14-19)18-13-15-20;1-2-3-4-5-6-7-8-9-10-11-14-17-15-12-13-16;12-8-5-3-1-2-4-6-10-14-11-7-9-13;10-4-1-6-12-8-3-9-13-7-2-5-11;10-6-3-1-2-4-8-12-9-5-7-11;9-7-5-3-1-2-4-6-8-10;1-10(6-2-4-8)7-3-5-9;7-3-1-5-9-6-2-4-8;2*7-5-3-1-2-4-6-8/h2-20H2,1H3;17H,2-16H2,1H3;14H,1-13H2;12-13H,1-11H2;12H,1-11H2;1-10H2;2-9H2,1H3;9H,1-8H2;2*1-8H2. The Kier molecular flexibility index (Phi) is 185. The average Bonchev–Trinajstić information content (AvgIpc) is 0.995. The maximum absolute atomic E-state index is 5.61. The van der Waals surface area contributed by atoms with E-state index in [4.69, 9.17) is 109 Å². The molecule has 0 aliphatic carbocycles. The minimum atomic E-state index is 0.773. The maximum Gasteiger partial charge on any atom is -0.000671 e. The van der Waals surface area contributed by atoms with Crippen LogP contribution in [-0.4, -0.2) is 252 Å². The quantitative estimate of drug-likeness (QED) is 0.0252. The van der Waals surface area contributed by atoms with Crippen molar-refractivity contribution in [2.24, 2.45) is 109 Å². The van der Waals surface area contributed by atoms with Gasteiger partial charge in [-0.3, -0.25) is 0 Å². The summed E-state index contributed by atoms with van der Waals surface area (Å²) in [7, 11) is 2.10. The summed E-state index contributed by atoms with van der Waals surface area (Å²) in [5, 5.41) is 20.1. The Balaban J connectivity index is -0.000000145. The van der Waals surface area contributed by atoms with Crippen LogP contribution in [0.5, 0.6) is 0 Å². The Morgan fingerprint density at radius 3 is 0.443 bits per heavy atom. The van der Waals surface area contributed by atoms with Crippen LogP contribution in [0.15, 0.2) is 0 Å². The molecule has 0 saturated carbocycles. The Labute approximate surface area is 762 Å². The molecule has 0 aromatic carbocycles. The van der Waals surface area contributed by atoms with Crippen molar-refractivity contribution in [1.29, 1.82) is 0 Å². The number of nitrogens with zero attached hydrogens (tertiary/aromatic N) is 2. The van der Waals surface area contributed by atoms with E-state index >= 15 is 0 Å². The summed E-state index contributed by atoms with van der Waals surface area (Å²) in [6.07, 6.45) is 71.4. The molecule has 27 nitrogen and oxygen atoms in total. The third-order valence-electron chi connectivity index (χ3n) is 20.1. The Morgan fingerprint density at radius 1 is 0.131 bits per heavy atom. The molecule has 0 spiro atoms. The van der Waals surface area contributed by atoms with E-state index < -0.39 is 0 Å². The molecule has 752 valence electrons. The predicted octanol–water partition coefficient (Wildman–Crippen LogP) is 9.74. The number of nitrogens with two attached hydrogens (primary N) is 19. The zero-order chi connectivity index (χ0) is 92.5. The second-order valence-corrected chi connectivity index (χ2v) is 32.7. The topological polar surface area (TPSA) is 573 Å². The number of hydrogen-bond donors (Lipinski definition) is 25. The lowest BCUT2D eigenvalue weighted by Crippen LogP contribution is -2.29. The highest BCUT2D eigenvalue weighted by atomic mass is 15.1. The SMILES string of the molecule is CCCCCCCCCCCCN(CCCN)CCCN.CCCCCCCCCCCCNCCCN.CN(CCCN)CCCN.NCCCCCCCCN.NCCCCCCCCNCCCN.NCCCCCCN.NCCCCCCN.NCCCCCCNCCCN.NCCCNCCCN.NCCCNCCCNCCCN. The highest BCUT2D eigenvalue weighted by Gasteiger charge is 2.05. The summed E-state index contributed by atoms with van der Waals surface area (Å²) in [5.74, 6) is 0. The number of hydrogen-bond acceptors (Lipinski definition) is 27. The van der Waals surface area contributed by atoms with Gasteiger partial charge in [0.25, 0.3) is 0 Å². The fraction of sp³-hybridized carbons (Fsp3) is 1.00. The van der Waals surface area contributed by atoms with Crippen molar-refractivity contribution in [1.82, 2.24) is 41.7 Å². The molecule has 0 heterocycles. The van der Waals surface area contributed by atoms with Crippen molar-refractivity contribution < 1.29 is 0 Å². The Bertz CT molecular complexity index is 1390. The van der Waals surface area contributed by atoms with Crippen molar-refractivity contribution in [3.8, 4) is 0 Å². The van der Waals surface area contributed by atoms with E-state index in [1.807, 2.05) is 0 Å². The Hall–Kier alpha value is -1.08.